The molecule has 32 heavy (non-hydrogen) atoms. The summed E-state index contributed by atoms with van der Waals surface area (Å²) < 4.78 is 87.8. The van der Waals surface area contributed by atoms with Gasteiger partial charge in [0.05, 0.1) is 5.56 Å². The quantitative estimate of drug-likeness (QED) is 0.647. The number of aryl methyl sites for hydroxylation is 1. The summed E-state index contributed by atoms with van der Waals surface area (Å²) in [6.07, 6.45) is -5.00. The number of carbonyl (C=O) groups is 1. The predicted molar refractivity (Wildman–Crippen MR) is 104 cm³/mol. The summed E-state index contributed by atoms with van der Waals surface area (Å²) in [5.74, 6) is -1.59. The maximum Gasteiger partial charge on any atom is 0.407 e. The fourth-order valence-corrected chi connectivity index (χ4v) is 4.79. The lowest BCUT2D eigenvalue weighted by atomic mass is 9.91. The van der Waals surface area contributed by atoms with Crippen LogP contribution in [-0.4, -0.2) is 43.8 Å². The lowest BCUT2D eigenvalue weighted by Gasteiger charge is -2.38. The fourth-order valence-electron chi connectivity index (χ4n) is 3.27. The number of carbonyl (C=O) groups excluding carboxylic acids is 1. The minimum absolute atomic E-state index is 0.0786. The Labute approximate surface area is 180 Å². The molecule has 8 nitrogen and oxygen atoms in total. The van der Waals surface area contributed by atoms with Gasteiger partial charge < -0.3 is 14.6 Å². The van der Waals surface area contributed by atoms with Gasteiger partial charge in [-0.2, -0.15) is 23.2 Å². The van der Waals surface area contributed by atoms with Crippen LogP contribution < -0.4 is 10.0 Å². The summed E-state index contributed by atoms with van der Waals surface area (Å²) in [4.78, 5) is 12.0. The lowest BCUT2D eigenvalue weighted by molar-refractivity contribution is -0.210. The van der Waals surface area contributed by atoms with Gasteiger partial charge in [0.2, 0.25) is 10.0 Å². The SMILES string of the molecule is Cn1cc(S(=O)(=O)NC2(C(F)(F)F)CCOCC2)cc1C(=O)Nc1ccc(F)c(C#N)c1. The summed E-state index contributed by atoms with van der Waals surface area (Å²) in [5, 5.41) is 11.3. The van der Waals surface area contributed by atoms with Gasteiger partial charge in [-0.1, -0.05) is 0 Å². The fraction of sp³-hybridized carbons (Fsp3) is 0.368. The van der Waals surface area contributed by atoms with Crippen molar-refractivity contribution < 1.29 is 35.5 Å². The molecule has 0 unspecified atom stereocenters. The molecule has 1 fully saturated rings. The number of halogens is 4. The zero-order valence-corrected chi connectivity index (χ0v) is 17.5. The van der Waals surface area contributed by atoms with E-state index >= 15 is 0 Å². The predicted octanol–water partition coefficient (Wildman–Crippen LogP) is 2.68. The van der Waals surface area contributed by atoms with Crippen LogP contribution in [0, 0.1) is 17.1 Å². The first-order chi connectivity index (χ1) is 14.9. The first kappa shape index (κ1) is 23.7. The van der Waals surface area contributed by atoms with Gasteiger partial charge in [0, 0.05) is 32.1 Å². The van der Waals surface area contributed by atoms with Crippen molar-refractivity contribution in [3.05, 3.63) is 47.5 Å². The first-order valence-corrected chi connectivity index (χ1v) is 10.7. The highest BCUT2D eigenvalue weighted by Gasteiger charge is 2.57. The van der Waals surface area contributed by atoms with E-state index in [1.165, 1.54) is 13.1 Å². The van der Waals surface area contributed by atoms with E-state index in [1.807, 2.05) is 0 Å². The average Bonchev–Trinajstić information content (AvgIpc) is 3.12. The Morgan fingerprint density at radius 1 is 1.25 bits per heavy atom. The molecule has 0 saturated carbocycles. The third kappa shape index (κ3) is 4.62. The molecule has 2 aromatic rings. The number of aromatic nitrogens is 1. The smallest absolute Gasteiger partial charge is 0.381 e. The molecular weight excluding hydrogens is 456 g/mol. The van der Waals surface area contributed by atoms with Gasteiger partial charge in [-0.05, 0) is 37.1 Å². The Morgan fingerprint density at radius 3 is 2.50 bits per heavy atom. The Hall–Kier alpha value is -2.95. The summed E-state index contributed by atoms with van der Waals surface area (Å²) >= 11 is 0. The van der Waals surface area contributed by atoms with E-state index in [1.54, 1.807) is 10.8 Å². The summed E-state index contributed by atoms with van der Waals surface area (Å²) in [6, 6.07) is 5.81. The van der Waals surface area contributed by atoms with Crippen molar-refractivity contribution in [3.63, 3.8) is 0 Å². The molecule has 0 radical (unpaired) electrons. The molecule has 0 bridgehead atoms. The molecule has 2 heterocycles. The second-order valence-corrected chi connectivity index (χ2v) is 8.91. The number of benzene rings is 1. The van der Waals surface area contributed by atoms with Crippen molar-refractivity contribution in [2.75, 3.05) is 18.5 Å². The Kier molecular flexibility index (Phi) is 6.32. The number of sulfonamides is 1. The van der Waals surface area contributed by atoms with Gasteiger partial charge >= 0.3 is 6.18 Å². The second kappa shape index (κ2) is 8.53. The van der Waals surface area contributed by atoms with Crippen molar-refractivity contribution >= 4 is 21.6 Å². The zero-order chi connectivity index (χ0) is 23.7. The largest absolute Gasteiger partial charge is 0.407 e. The van der Waals surface area contributed by atoms with Crippen molar-refractivity contribution in [1.29, 1.82) is 5.26 Å². The molecule has 1 aliphatic heterocycles. The van der Waals surface area contributed by atoms with E-state index in [-0.39, 0.29) is 30.2 Å². The highest BCUT2D eigenvalue weighted by Crippen LogP contribution is 2.39. The molecule has 172 valence electrons. The molecule has 0 spiro atoms. The van der Waals surface area contributed by atoms with Crippen LogP contribution in [0.1, 0.15) is 28.9 Å². The number of ether oxygens (including phenoxy) is 1. The van der Waals surface area contributed by atoms with Crippen molar-refractivity contribution in [3.8, 4) is 6.07 Å². The van der Waals surface area contributed by atoms with E-state index in [2.05, 4.69) is 5.32 Å². The van der Waals surface area contributed by atoms with Crippen molar-refractivity contribution in [2.45, 2.75) is 29.5 Å². The van der Waals surface area contributed by atoms with Crippen LogP contribution in [-0.2, 0) is 21.8 Å². The molecule has 1 aromatic heterocycles. The minimum Gasteiger partial charge on any atom is -0.381 e. The van der Waals surface area contributed by atoms with Crippen molar-refractivity contribution in [1.82, 2.24) is 9.29 Å². The van der Waals surface area contributed by atoms with Crippen LogP contribution in [0.4, 0.5) is 23.2 Å². The summed E-state index contributed by atoms with van der Waals surface area (Å²) in [6.45, 7) is -0.514. The van der Waals surface area contributed by atoms with Gasteiger partial charge in [-0.25, -0.2) is 12.8 Å². The molecule has 3 rings (SSSR count). The normalized spacial score (nSPS) is 16.4. The number of hydrogen-bond acceptors (Lipinski definition) is 5. The van der Waals surface area contributed by atoms with Crippen LogP contribution in [0.2, 0.25) is 0 Å². The number of rotatable bonds is 5. The number of alkyl halides is 3. The minimum atomic E-state index is -4.85. The number of hydrogen-bond donors (Lipinski definition) is 2. The number of nitriles is 1. The van der Waals surface area contributed by atoms with Crippen LogP contribution in [0.25, 0.3) is 0 Å². The standard InChI is InChI=1S/C19H18F4N4O4S/c1-27-11-14(32(29,30)26-18(19(21,22)23)4-6-31-7-5-18)9-16(27)17(28)25-13-2-3-15(20)12(8-13)10-24/h2-3,8-9,11,26H,4-7H2,1H3,(H,25,28). The van der Waals surface area contributed by atoms with Crippen LogP contribution in [0.3, 0.4) is 0 Å². The summed E-state index contributed by atoms with van der Waals surface area (Å²) in [7, 11) is -3.30. The monoisotopic (exact) mass is 474 g/mol. The van der Waals surface area contributed by atoms with Gasteiger partial charge in [0.1, 0.15) is 28.0 Å². The molecule has 1 aliphatic rings. The average molecular weight is 474 g/mol. The third-order valence-electron chi connectivity index (χ3n) is 5.09. The third-order valence-corrected chi connectivity index (χ3v) is 6.59. The van der Waals surface area contributed by atoms with E-state index in [0.29, 0.717) is 0 Å². The highest BCUT2D eigenvalue weighted by atomic mass is 32.2. The number of nitrogens with one attached hydrogen (secondary N) is 2. The molecule has 0 atom stereocenters. The highest BCUT2D eigenvalue weighted by molar-refractivity contribution is 7.89. The molecule has 1 amide bonds. The van der Waals surface area contributed by atoms with Gasteiger partial charge in [-0.15, -0.1) is 0 Å². The number of nitrogens with zero attached hydrogens (tertiary/aromatic N) is 2. The maximum absolute atomic E-state index is 13.7. The van der Waals surface area contributed by atoms with E-state index in [4.69, 9.17) is 10.00 Å². The first-order valence-electron chi connectivity index (χ1n) is 9.24. The topological polar surface area (TPSA) is 113 Å². The van der Waals surface area contributed by atoms with E-state index in [9.17, 15) is 30.8 Å². The maximum atomic E-state index is 13.7. The molecule has 1 saturated heterocycles. The lowest BCUT2D eigenvalue weighted by Crippen LogP contribution is -2.61. The Balaban J connectivity index is 1.86. The Morgan fingerprint density at radius 2 is 1.91 bits per heavy atom. The summed E-state index contributed by atoms with van der Waals surface area (Å²) in [5.41, 5.74) is -3.09. The number of anilines is 1. The second-order valence-electron chi connectivity index (χ2n) is 7.23. The molecule has 0 aliphatic carbocycles. The molecule has 13 heteroatoms. The van der Waals surface area contributed by atoms with E-state index in [0.717, 1.165) is 29.0 Å². The van der Waals surface area contributed by atoms with Crippen LogP contribution in [0.5, 0.6) is 0 Å². The molecule has 1 aromatic carbocycles. The molecule has 2 N–H and O–H groups in total. The zero-order valence-electron chi connectivity index (χ0n) is 16.7. The van der Waals surface area contributed by atoms with Gasteiger partial charge in [-0.3, -0.25) is 4.79 Å². The Bertz CT molecular complexity index is 1180. The van der Waals surface area contributed by atoms with Gasteiger partial charge in [0.25, 0.3) is 5.91 Å². The van der Waals surface area contributed by atoms with Crippen LogP contribution in [0.15, 0.2) is 35.4 Å². The van der Waals surface area contributed by atoms with Crippen LogP contribution >= 0.6 is 0 Å². The molecular formula is C19H18F4N4O4S. The number of amides is 1. The van der Waals surface area contributed by atoms with E-state index < -0.39 is 51.2 Å². The van der Waals surface area contributed by atoms with Gasteiger partial charge in [0.15, 0.2) is 0 Å². The van der Waals surface area contributed by atoms with Crippen molar-refractivity contribution in [2.24, 2.45) is 7.05 Å².